The van der Waals surface area contributed by atoms with E-state index in [9.17, 15) is 9.59 Å². The van der Waals surface area contributed by atoms with Crippen LogP contribution in [0.25, 0.3) is 0 Å². The van der Waals surface area contributed by atoms with E-state index in [4.69, 9.17) is 4.74 Å². The van der Waals surface area contributed by atoms with Gasteiger partial charge in [0.2, 0.25) is 11.8 Å². The van der Waals surface area contributed by atoms with Crippen LogP contribution in [0.3, 0.4) is 0 Å². The summed E-state index contributed by atoms with van der Waals surface area (Å²) in [6, 6.07) is -0.222. The Morgan fingerprint density at radius 3 is 2.32 bits per heavy atom. The van der Waals surface area contributed by atoms with Gasteiger partial charge in [-0.2, -0.15) is 0 Å². The van der Waals surface area contributed by atoms with Crippen molar-refractivity contribution in [1.82, 2.24) is 20.0 Å². The molecular weight excluding hydrogens is 284 g/mol. The lowest BCUT2D eigenvalue weighted by Crippen LogP contribution is -2.58. The summed E-state index contributed by atoms with van der Waals surface area (Å²) in [5.74, 6) is 0.305. The van der Waals surface area contributed by atoms with E-state index in [0.29, 0.717) is 45.9 Å². The molecule has 22 heavy (non-hydrogen) atoms. The SMILES string of the molecule is O=C(CN1CCCC1)N1CCN(C(=O)C2COCCN2)CC1. The van der Waals surface area contributed by atoms with Gasteiger partial charge in [-0.3, -0.25) is 14.5 Å². The van der Waals surface area contributed by atoms with E-state index in [0.717, 1.165) is 19.6 Å². The highest BCUT2D eigenvalue weighted by Gasteiger charge is 2.30. The fraction of sp³-hybridized carbons (Fsp3) is 0.867. The van der Waals surface area contributed by atoms with Crippen LogP contribution in [0.5, 0.6) is 0 Å². The van der Waals surface area contributed by atoms with Crippen molar-refractivity contribution in [2.75, 3.05) is 65.6 Å². The van der Waals surface area contributed by atoms with Crippen molar-refractivity contribution >= 4 is 11.8 Å². The number of carbonyl (C=O) groups excluding carboxylic acids is 2. The largest absolute Gasteiger partial charge is 0.378 e. The summed E-state index contributed by atoms with van der Waals surface area (Å²) in [5, 5.41) is 3.19. The lowest BCUT2D eigenvalue weighted by atomic mass is 10.2. The fourth-order valence-corrected chi connectivity index (χ4v) is 3.35. The molecular formula is C15H26N4O3. The van der Waals surface area contributed by atoms with Crippen molar-refractivity contribution in [2.45, 2.75) is 18.9 Å². The quantitative estimate of drug-likeness (QED) is 0.705. The van der Waals surface area contributed by atoms with Crippen molar-refractivity contribution < 1.29 is 14.3 Å². The minimum Gasteiger partial charge on any atom is -0.378 e. The molecule has 0 aliphatic carbocycles. The van der Waals surface area contributed by atoms with Gasteiger partial charge in [0, 0.05) is 32.7 Å². The number of nitrogens with zero attached hydrogens (tertiary/aromatic N) is 3. The first-order chi connectivity index (χ1) is 10.7. The van der Waals surface area contributed by atoms with E-state index < -0.39 is 0 Å². The zero-order chi connectivity index (χ0) is 15.4. The van der Waals surface area contributed by atoms with Gasteiger partial charge in [0.15, 0.2) is 0 Å². The van der Waals surface area contributed by atoms with Crippen LogP contribution >= 0.6 is 0 Å². The Balaban J connectivity index is 1.43. The molecule has 7 nitrogen and oxygen atoms in total. The smallest absolute Gasteiger partial charge is 0.242 e. The van der Waals surface area contributed by atoms with Gasteiger partial charge >= 0.3 is 0 Å². The third kappa shape index (κ3) is 3.77. The number of hydrogen-bond donors (Lipinski definition) is 1. The van der Waals surface area contributed by atoms with Crippen molar-refractivity contribution in [2.24, 2.45) is 0 Å². The van der Waals surface area contributed by atoms with Gasteiger partial charge in [-0.15, -0.1) is 0 Å². The van der Waals surface area contributed by atoms with Crippen molar-refractivity contribution in [3.05, 3.63) is 0 Å². The van der Waals surface area contributed by atoms with Crippen LogP contribution in [-0.2, 0) is 14.3 Å². The Labute approximate surface area is 131 Å². The second kappa shape index (κ2) is 7.39. The molecule has 0 radical (unpaired) electrons. The predicted octanol–water partition coefficient (Wildman–Crippen LogP) is -1.26. The molecule has 3 fully saturated rings. The molecule has 3 saturated heterocycles. The molecule has 0 aromatic carbocycles. The lowest BCUT2D eigenvalue weighted by molar-refractivity contribution is -0.143. The topological polar surface area (TPSA) is 65.1 Å². The summed E-state index contributed by atoms with van der Waals surface area (Å²) >= 11 is 0. The average Bonchev–Trinajstić information content (AvgIpc) is 3.08. The highest BCUT2D eigenvalue weighted by molar-refractivity contribution is 5.83. The highest BCUT2D eigenvalue weighted by atomic mass is 16.5. The number of hydrogen-bond acceptors (Lipinski definition) is 5. The van der Waals surface area contributed by atoms with E-state index in [-0.39, 0.29) is 17.9 Å². The van der Waals surface area contributed by atoms with Crippen LogP contribution in [0, 0.1) is 0 Å². The number of nitrogens with one attached hydrogen (secondary N) is 1. The summed E-state index contributed by atoms with van der Waals surface area (Å²) in [4.78, 5) is 30.6. The standard InChI is InChI=1S/C15H26N4O3/c20-14(11-17-4-1-2-5-17)18-6-8-19(9-7-18)15(21)13-12-22-10-3-16-13/h13,16H,1-12H2. The van der Waals surface area contributed by atoms with Crippen molar-refractivity contribution in [1.29, 1.82) is 0 Å². The van der Waals surface area contributed by atoms with Crippen molar-refractivity contribution in [3.8, 4) is 0 Å². The van der Waals surface area contributed by atoms with E-state index >= 15 is 0 Å². The third-order valence-electron chi connectivity index (χ3n) is 4.72. The second-order valence-corrected chi connectivity index (χ2v) is 6.27. The molecule has 0 bridgehead atoms. The Morgan fingerprint density at radius 1 is 1.00 bits per heavy atom. The maximum Gasteiger partial charge on any atom is 0.242 e. The number of amides is 2. The van der Waals surface area contributed by atoms with Gasteiger partial charge in [-0.25, -0.2) is 0 Å². The Hall–Kier alpha value is -1.18. The molecule has 3 rings (SSSR count). The normalized spacial score (nSPS) is 27.2. The van der Waals surface area contributed by atoms with Gasteiger partial charge in [-0.1, -0.05) is 0 Å². The monoisotopic (exact) mass is 310 g/mol. The van der Waals surface area contributed by atoms with E-state index in [1.807, 2.05) is 9.80 Å². The van der Waals surface area contributed by atoms with Gasteiger partial charge in [0.25, 0.3) is 0 Å². The molecule has 2 amide bonds. The summed E-state index contributed by atoms with van der Waals surface area (Å²) < 4.78 is 5.35. The maximum atomic E-state index is 12.4. The van der Waals surface area contributed by atoms with Gasteiger partial charge in [0.05, 0.1) is 19.8 Å². The predicted molar refractivity (Wildman–Crippen MR) is 81.4 cm³/mol. The van der Waals surface area contributed by atoms with E-state index in [2.05, 4.69) is 10.2 Å². The molecule has 1 atom stereocenters. The molecule has 0 spiro atoms. The zero-order valence-electron chi connectivity index (χ0n) is 13.1. The first-order valence-corrected chi connectivity index (χ1v) is 8.34. The minimum absolute atomic E-state index is 0.103. The van der Waals surface area contributed by atoms with Crippen LogP contribution in [-0.4, -0.2) is 98.1 Å². The molecule has 7 heteroatoms. The number of morpholine rings is 1. The van der Waals surface area contributed by atoms with Crippen LogP contribution in [0.1, 0.15) is 12.8 Å². The molecule has 3 heterocycles. The van der Waals surface area contributed by atoms with Crippen LogP contribution in [0.4, 0.5) is 0 Å². The van der Waals surface area contributed by atoms with E-state index in [1.54, 1.807) is 0 Å². The molecule has 3 aliphatic rings. The van der Waals surface area contributed by atoms with Crippen LogP contribution in [0.15, 0.2) is 0 Å². The fourth-order valence-electron chi connectivity index (χ4n) is 3.35. The number of ether oxygens (including phenoxy) is 1. The number of piperazine rings is 1. The number of likely N-dealkylation sites (tertiary alicyclic amines) is 1. The summed E-state index contributed by atoms with van der Waals surface area (Å²) in [5.41, 5.74) is 0. The zero-order valence-corrected chi connectivity index (χ0v) is 13.1. The summed E-state index contributed by atoms with van der Waals surface area (Å²) in [6.07, 6.45) is 2.40. The lowest BCUT2D eigenvalue weighted by Gasteiger charge is -2.37. The molecule has 124 valence electrons. The van der Waals surface area contributed by atoms with Crippen LogP contribution < -0.4 is 5.32 Å². The maximum absolute atomic E-state index is 12.4. The average molecular weight is 310 g/mol. The molecule has 0 aromatic rings. The van der Waals surface area contributed by atoms with Gasteiger partial charge in [-0.05, 0) is 25.9 Å². The molecule has 1 unspecified atom stereocenters. The molecule has 3 aliphatic heterocycles. The Bertz CT molecular complexity index is 398. The van der Waals surface area contributed by atoms with Crippen molar-refractivity contribution in [3.63, 3.8) is 0 Å². The second-order valence-electron chi connectivity index (χ2n) is 6.27. The first-order valence-electron chi connectivity index (χ1n) is 8.34. The van der Waals surface area contributed by atoms with Crippen LogP contribution in [0.2, 0.25) is 0 Å². The number of rotatable bonds is 3. The minimum atomic E-state index is -0.222. The molecule has 0 saturated carbocycles. The van der Waals surface area contributed by atoms with E-state index in [1.165, 1.54) is 12.8 Å². The van der Waals surface area contributed by atoms with Gasteiger partial charge in [0.1, 0.15) is 6.04 Å². The molecule has 1 N–H and O–H groups in total. The molecule has 0 aromatic heterocycles. The summed E-state index contributed by atoms with van der Waals surface area (Å²) in [7, 11) is 0. The summed E-state index contributed by atoms with van der Waals surface area (Å²) in [6.45, 7) is 7.00. The Kier molecular flexibility index (Phi) is 5.28. The number of carbonyl (C=O) groups is 2. The van der Waals surface area contributed by atoms with Gasteiger partial charge < -0.3 is 19.9 Å². The first kappa shape index (κ1) is 15.7. The Morgan fingerprint density at radius 2 is 1.68 bits per heavy atom. The highest BCUT2D eigenvalue weighted by Crippen LogP contribution is 2.10. The third-order valence-corrected chi connectivity index (χ3v) is 4.72.